The summed E-state index contributed by atoms with van der Waals surface area (Å²) in [6.45, 7) is 6.09. The maximum atomic E-state index is 14.6. The predicted molar refractivity (Wildman–Crippen MR) is 98.9 cm³/mol. The average Bonchev–Trinajstić information content (AvgIpc) is 2.53. The average molecular weight is 426 g/mol. The first-order chi connectivity index (χ1) is 12.7. The summed E-state index contributed by atoms with van der Waals surface area (Å²) in [5, 5.41) is 0. The molecule has 3 atom stereocenters. The lowest BCUT2D eigenvalue weighted by atomic mass is 9.78. The molecule has 160 valence electrons. The summed E-state index contributed by atoms with van der Waals surface area (Å²) in [4.78, 5) is 12.5. The van der Waals surface area contributed by atoms with Crippen molar-refractivity contribution in [2.24, 2.45) is 0 Å². The quantitative estimate of drug-likeness (QED) is 0.463. The molecule has 4 nitrogen and oxygen atoms in total. The summed E-state index contributed by atoms with van der Waals surface area (Å²) in [7, 11) is -1.62. The Labute approximate surface area is 165 Å². The van der Waals surface area contributed by atoms with Crippen LogP contribution < -0.4 is 0 Å². The Morgan fingerprint density at radius 3 is 2.18 bits per heavy atom. The second-order valence-electron chi connectivity index (χ2n) is 7.56. The van der Waals surface area contributed by atoms with Gasteiger partial charge in [0.25, 0.3) is 0 Å². The zero-order chi connectivity index (χ0) is 21.8. The highest BCUT2D eigenvalue weighted by molar-refractivity contribution is 7.86. The number of carbonyl (C=O) groups is 1. The highest BCUT2D eigenvalue weighted by Gasteiger charge is 2.48. The van der Waals surface area contributed by atoms with Gasteiger partial charge in [-0.3, -0.25) is 4.21 Å². The number of halogens is 4. The van der Waals surface area contributed by atoms with Crippen molar-refractivity contribution >= 4 is 16.8 Å². The van der Waals surface area contributed by atoms with Crippen LogP contribution in [-0.2, 0) is 30.5 Å². The van der Waals surface area contributed by atoms with Gasteiger partial charge in [-0.2, -0.15) is 13.2 Å². The van der Waals surface area contributed by atoms with Crippen molar-refractivity contribution in [3.8, 4) is 0 Å². The molecule has 0 aliphatic rings. The maximum absolute atomic E-state index is 14.6. The van der Waals surface area contributed by atoms with Gasteiger partial charge in [-0.05, 0) is 39.3 Å². The van der Waals surface area contributed by atoms with Crippen LogP contribution in [0.25, 0.3) is 0 Å². The Kier molecular flexibility index (Phi) is 8.20. The Hall–Kier alpha value is -1.48. The van der Waals surface area contributed by atoms with Crippen LogP contribution in [0.1, 0.15) is 40.2 Å². The second kappa shape index (κ2) is 9.35. The van der Waals surface area contributed by atoms with Gasteiger partial charge in [0.1, 0.15) is 12.4 Å². The zero-order valence-corrected chi connectivity index (χ0v) is 17.4. The highest BCUT2D eigenvalue weighted by Crippen LogP contribution is 2.36. The molecule has 0 spiro atoms. The zero-order valence-electron chi connectivity index (χ0n) is 16.6. The minimum absolute atomic E-state index is 0.0622. The molecule has 0 heterocycles. The third kappa shape index (κ3) is 6.55. The molecule has 0 aliphatic carbocycles. The van der Waals surface area contributed by atoms with Crippen LogP contribution in [0.5, 0.6) is 0 Å². The molecular weight excluding hydrogens is 400 g/mol. The molecule has 1 rings (SSSR count). The van der Waals surface area contributed by atoms with Crippen LogP contribution >= 0.6 is 0 Å². The molecule has 0 N–H and O–H groups in total. The molecule has 0 unspecified atom stereocenters. The van der Waals surface area contributed by atoms with Crippen molar-refractivity contribution in [3.05, 3.63) is 35.6 Å². The van der Waals surface area contributed by atoms with Gasteiger partial charge in [0.2, 0.25) is 0 Å². The summed E-state index contributed by atoms with van der Waals surface area (Å²) in [6.07, 6.45) is -6.50. The number of rotatable bonds is 8. The molecule has 0 fully saturated rings. The van der Waals surface area contributed by atoms with Crippen molar-refractivity contribution in [3.63, 3.8) is 0 Å². The van der Waals surface area contributed by atoms with Crippen molar-refractivity contribution in [1.82, 2.24) is 0 Å². The van der Waals surface area contributed by atoms with Gasteiger partial charge in [-0.1, -0.05) is 25.1 Å². The summed E-state index contributed by atoms with van der Waals surface area (Å²) in [5.74, 6) is -2.09. The largest absolute Gasteiger partial charge is 0.464 e. The van der Waals surface area contributed by atoms with Crippen LogP contribution in [0, 0.1) is 5.82 Å². The van der Waals surface area contributed by atoms with Crippen molar-refractivity contribution in [2.75, 3.05) is 19.0 Å². The van der Waals surface area contributed by atoms with E-state index in [4.69, 9.17) is 9.47 Å². The van der Waals surface area contributed by atoms with E-state index in [0.717, 1.165) is 6.07 Å². The molecule has 0 saturated carbocycles. The molecule has 0 aliphatic heterocycles. The first kappa shape index (κ1) is 24.6. The molecule has 0 saturated heterocycles. The normalized spacial score (nSPS) is 16.9. The Morgan fingerprint density at radius 1 is 1.14 bits per heavy atom. The summed E-state index contributed by atoms with van der Waals surface area (Å²) in [6, 6.07) is 5.37. The van der Waals surface area contributed by atoms with E-state index in [0.29, 0.717) is 0 Å². The van der Waals surface area contributed by atoms with E-state index in [1.165, 1.54) is 32.0 Å². The van der Waals surface area contributed by atoms with Gasteiger partial charge < -0.3 is 9.47 Å². The van der Waals surface area contributed by atoms with Crippen molar-refractivity contribution < 1.29 is 36.0 Å². The first-order valence-corrected chi connectivity index (χ1v) is 10.0. The number of carbonyl (C=O) groups excluding carboxylic acids is 1. The molecule has 28 heavy (non-hydrogen) atoms. The minimum Gasteiger partial charge on any atom is -0.464 e. The molecule has 1 aromatic rings. The van der Waals surface area contributed by atoms with Gasteiger partial charge in [0.05, 0.1) is 6.61 Å². The lowest BCUT2D eigenvalue weighted by Gasteiger charge is -2.38. The van der Waals surface area contributed by atoms with E-state index >= 15 is 0 Å². The van der Waals surface area contributed by atoms with Crippen molar-refractivity contribution in [2.45, 2.75) is 57.1 Å². The van der Waals surface area contributed by atoms with E-state index in [2.05, 4.69) is 0 Å². The van der Waals surface area contributed by atoms with Crippen LogP contribution in [0.2, 0.25) is 0 Å². The summed E-state index contributed by atoms with van der Waals surface area (Å²) >= 11 is 0. The molecule has 0 amide bonds. The van der Waals surface area contributed by atoms with Gasteiger partial charge >= 0.3 is 12.1 Å². The number of ether oxygens (including phenoxy) is 2. The Morgan fingerprint density at radius 2 is 1.71 bits per heavy atom. The van der Waals surface area contributed by atoms with E-state index in [9.17, 15) is 26.6 Å². The van der Waals surface area contributed by atoms with E-state index in [1.807, 2.05) is 0 Å². The topological polar surface area (TPSA) is 52.6 Å². The SMILES string of the molecule is CCOC(=O)[C@@H](OCC(F)(F)F)[C@](C)(C[S@](=O)C(C)(C)C)c1ccccc1F. The summed E-state index contributed by atoms with van der Waals surface area (Å²) < 4.78 is 74.8. The number of benzene rings is 1. The van der Waals surface area contributed by atoms with E-state index < -0.39 is 51.6 Å². The first-order valence-electron chi connectivity index (χ1n) is 8.71. The fourth-order valence-corrected chi connectivity index (χ4v) is 3.90. The standard InChI is InChI=1S/C19H26F4O4S/c1-6-26-16(24)15(27-11-19(21,22)23)18(5,12-28(25)17(2,3)4)13-9-7-8-10-14(13)20/h7-10,15H,6,11-12H2,1-5H3/t15-,18-,28+/m1/s1. The lowest BCUT2D eigenvalue weighted by molar-refractivity contribution is -0.200. The molecular formula is C19H26F4O4S. The van der Waals surface area contributed by atoms with E-state index in [1.54, 1.807) is 20.8 Å². The minimum atomic E-state index is -4.70. The van der Waals surface area contributed by atoms with Crippen molar-refractivity contribution in [1.29, 1.82) is 0 Å². The van der Waals surface area contributed by atoms with Crippen LogP contribution in [-0.4, -0.2) is 46.2 Å². The molecule has 0 radical (unpaired) electrons. The molecule has 0 bridgehead atoms. The van der Waals surface area contributed by atoms with Gasteiger partial charge in [-0.25, -0.2) is 9.18 Å². The summed E-state index contributed by atoms with van der Waals surface area (Å²) in [5.41, 5.74) is -1.71. The van der Waals surface area contributed by atoms with Crippen LogP contribution in [0.4, 0.5) is 17.6 Å². The fraction of sp³-hybridized carbons (Fsp3) is 0.632. The van der Waals surface area contributed by atoms with Gasteiger partial charge in [0, 0.05) is 26.7 Å². The number of alkyl halides is 3. The smallest absolute Gasteiger partial charge is 0.411 e. The maximum Gasteiger partial charge on any atom is 0.411 e. The third-order valence-electron chi connectivity index (χ3n) is 4.10. The predicted octanol–water partition coefficient (Wildman–Crippen LogP) is 4.14. The van der Waals surface area contributed by atoms with E-state index in [-0.39, 0.29) is 17.9 Å². The van der Waals surface area contributed by atoms with Crippen LogP contribution in [0.3, 0.4) is 0 Å². The van der Waals surface area contributed by atoms with Crippen LogP contribution in [0.15, 0.2) is 24.3 Å². The van der Waals surface area contributed by atoms with Gasteiger partial charge in [-0.15, -0.1) is 0 Å². The molecule has 0 aromatic heterocycles. The second-order valence-corrected chi connectivity index (χ2v) is 9.76. The fourth-order valence-electron chi connectivity index (χ4n) is 2.62. The third-order valence-corrected chi connectivity index (χ3v) is 6.32. The monoisotopic (exact) mass is 426 g/mol. The highest BCUT2D eigenvalue weighted by atomic mass is 32.2. The number of esters is 1. The lowest BCUT2D eigenvalue weighted by Crippen LogP contribution is -2.51. The Balaban J connectivity index is 3.51. The molecule has 1 aromatic carbocycles. The van der Waals surface area contributed by atoms with Gasteiger partial charge in [0.15, 0.2) is 6.10 Å². The Bertz CT molecular complexity index is 700. The molecule has 9 heteroatoms. The number of hydrogen-bond acceptors (Lipinski definition) is 4. The number of hydrogen-bond donors (Lipinski definition) is 0.